The SMILES string of the molecule is Cc1cc(O)c(C(C)(C)C)cc1C(C)CCC(c1cc(C(C)(C)C)c(O)cc1C)c1cc(C(C)(C)C)c(O)cc1C. The first-order valence-electron chi connectivity index (χ1n) is 15.1. The van der Waals surface area contributed by atoms with Gasteiger partial charge in [0, 0.05) is 5.92 Å². The van der Waals surface area contributed by atoms with Crippen molar-refractivity contribution in [3.05, 3.63) is 86.5 Å². The number of rotatable bonds is 6. The van der Waals surface area contributed by atoms with Gasteiger partial charge in [-0.05, 0) is 124 Å². The maximum Gasteiger partial charge on any atom is 0.119 e. The Kier molecular flexibility index (Phi) is 9.04. The van der Waals surface area contributed by atoms with E-state index in [2.05, 4.69) is 108 Å². The molecule has 0 aromatic heterocycles. The van der Waals surface area contributed by atoms with E-state index in [1.807, 2.05) is 18.2 Å². The second kappa shape index (κ2) is 11.4. The van der Waals surface area contributed by atoms with E-state index in [1.165, 1.54) is 16.7 Å². The molecule has 0 saturated carbocycles. The van der Waals surface area contributed by atoms with Crippen LogP contribution in [0.25, 0.3) is 0 Å². The lowest BCUT2D eigenvalue weighted by atomic mass is 9.75. The molecule has 0 radical (unpaired) electrons. The summed E-state index contributed by atoms with van der Waals surface area (Å²) in [5.41, 5.74) is 9.35. The summed E-state index contributed by atoms with van der Waals surface area (Å²) in [6.45, 7) is 27.8. The van der Waals surface area contributed by atoms with Gasteiger partial charge in [-0.3, -0.25) is 0 Å². The summed E-state index contributed by atoms with van der Waals surface area (Å²) in [5.74, 6) is 1.45. The van der Waals surface area contributed by atoms with Gasteiger partial charge in [-0.1, -0.05) is 87.4 Å². The van der Waals surface area contributed by atoms with Gasteiger partial charge in [0.1, 0.15) is 17.2 Å². The number of aromatic hydroxyl groups is 3. The van der Waals surface area contributed by atoms with Crippen molar-refractivity contribution >= 4 is 0 Å². The number of hydrogen-bond donors (Lipinski definition) is 3. The van der Waals surface area contributed by atoms with Crippen LogP contribution >= 0.6 is 0 Å². The van der Waals surface area contributed by atoms with Crippen molar-refractivity contribution in [2.45, 2.75) is 131 Å². The predicted molar refractivity (Wildman–Crippen MR) is 174 cm³/mol. The Morgan fingerprint density at radius 1 is 0.488 bits per heavy atom. The van der Waals surface area contributed by atoms with Crippen LogP contribution in [0.1, 0.15) is 144 Å². The van der Waals surface area contributed by atoms with Crippen molar-refractivity contribution < 1.29 is 15.3 Å². The Bertz CT molecular complexity index is 1340. The molecule has 0 saturated heterocycles. The van der Waals surface area contributed by atoms with Crippen molar-refractivity contribution in [2.24, 2.45) is 0 Å². The van der Waals surface area contributed by atoms with Crippen LogP contribution in [0.5, 0.6) is 17.2 Å². The van der Waals surface area contributed by atoms with Crippen LogP contribution in [0.15, 0.2) is 36.4 Å². The number of hydrogen-bond acceptors (Lipinski definition) is 3. The zero-order chi connectivity index (χ0) is 31.2. The standard InChI is InChI=1S/C38H54O3/c1-22(27-19-30(36(5,6)7)33(39)16-23(27)2)14-15-26(28-20-31(37(8,9)10)34(40)17-24(28)3)29-21-32(38(11,12)13)35(41)18-25(29)4/h16-22,26,39-41H,14-15H2,1-13H3. The van der Waals surface area contributed by atoms with E-state index in [0.29, 0.717) is 23.2 Å². The monoisotopic (exact) mass is 558 g/mol. The summed E-state index contributed by atoms with van der Waals surface area (Å²) < 4.78 is 0. The number of benzene rings is 3. The molecule has 1 atom stereocenters. The summed E-state index contributed by atoms with van der Waals surface area (Å²) in [7, 11) is 0. The lowest BCUT2D eigenvalue weighted by Crippen LogP contribution is -2.16. The molecule has 3 nitrogen and oxygen atoms in total. The van der Waals surface area contributed by atoms with E-state index in [4.69, 9.17) is 0 Å². The minimum Gasteiger partial charge on any atom is -0.508 e. The summed E-state index contributed by atoms with van der Waals surface area (Å²) in [4.78, 5) is 0. The van der Waals surface area contributed by atoms with Crippen molar-refractivity contribution in [3.8, 4) is 17.2 Å². The topological polar surface area (TPSA) is 60.7 Å². The smallest absolute Gasteiger partial charge is 0.119 e. The molecule has 0 aliphatic carbocycles. The molecule has 3 heteroatoms. The highest BCUT2D eigenvalue weighted by Crippen LogP contribution is 2.44. The van der Waals surface area contributed by atoms with Crippen LogP contribution < -0.4 is 0 Å². The Morgan fingerprint density at radius 2 is 0.780 bits per heavy atom. The summed E-state index contributed by atoms with van der Waals surface area (Å²) in [6.07, 6.45) is 1.87. The van der Waals surface area contributed by atoms with E-state index >= 15 is 0 Å². The van der Waals surface area contributed by atoms with Crippen LogP contribution in [0.4, 0.5) is 0 Å². The third-order valence-electron chi connectivity index (χ3n) is 8.75. The van der Waals surface area contributed by atoms with Gasteiger partial charge >= 0.3 is 0 Å². The molecule has 0 heterocycles. The average Bonchev–Trinajstić information content (AvgIpc) is 2.78. The van der Waals surface area contributed by atoms with E-state index < -0.39 is 0 Å². The van der Waals surface area contributed by atoms with Gasteiger partial charge in [0.15, 0.2) is 0 Å². The molecule has 1 unspecified atom stereocenters. The molecule has 0 fully saturated rings. The van der Waals surface area contributed by atoms with Gasteiger partial charge < -0.3 is 15.3 Å². The molecule has 224 valence electrons. The van der Waals surface area contributed by atoms with Gasteiger partial charge in [-0.2, -0.15) is 0 Å². The molecule has 0 bridgehead atoms. The van der Waals surface area contributed by atoms with Crippen molar-refractivity contribution in [1.82, 2.24) is 0 Å². The fraction of sp³-hybridized carbons (Fsp3) is 0.526. The Morgan fingerprint density at radius 3 is 1.10 bits per heavy atom. The number of phenolic OH excluding ortho intramolecular Hbond substituents is 3. The molecule has 0 spiro atoms. The summed E-state index contributed by atoms with van der Waals surface area (Å²) in [6, 6.07) is 12.4. The second-order valence-electron chi connectivity index (χ2n) is 15.5. The maximum absolute atomic E-state index is 10.9. The Hall–Kier alpha value is -2.94. The Balaban J connectivity index is 2.18. The first kappa shape index (κ1) is 32.6. The van der Waals surface area contributed by atoms with Gasteiger partial charge in [0.25, 0.3) is 0 Å². The second-order valence-corrected chi connectivity index (χ2v) is 15.5. The lowest BCUT2D eigenvalue weighted by Gasteiger charge is -2.30. The quantitative estimate of drug-likeness (QED) is 0.282. The summed E-state index contributed by atoms with van der Waals surface area (Å²) in [5, 5.41) is 32.5. The minimum absolute atomic E-state index is 0.0976. The van der Waals surface area contributed by atoms with Crippen LogP contribution in [0.2, 0.25) is 0 Å². The molecule has 41 heavy (non-hydrogen) atoms. The highest BCUT2D eigenvalue weighted by molar-refractivity contribution is 5.53. The third kappa shape index (κ3) is 7.11. The summed E-state index contributed by atoms with van der Waals surface area (Å²) >= 11 is 0. The zero-order valence-electron chi connectivity index (χ0n) is 27.9. The average molecular weight is 559 g/mol. The van der Waals surface area contributed by atoms with Gasteiger partial charge in [-0.15, -0.1) is 0 Å². The van der Waals surface area contributed by atoms with Crippen LogP contribution in [-0.2, 0) is 16.2 Å². The molecule has 3 rings (SSSR count). The molecule has 0 amide bonds. The minimum atomic E-state index is -0.197. The first-order valence-corrected chi connectivity index (χ1v) is 15.1. The van der Waals surface area contributed by atoms with Crippen molar-refractivity contribution in [2.75, 3.05) is 0 Å². The molecular formula is C38H54O3. The van der Waals surface area contributed by atoms with Crippen molar-refractivity contribution in [1.29, 1.82) is 0 Å². The molecule has 3 aromatic rings. The highest BCUT2D eigenvalue weighted by Gasteiger charge is 2.28. The zero-order valence-corrected chi connectivity index (χ0v) is 27.9. The highest BCUT2D eigenvalue weighted by atomic mass is 16.3. The largest absolute Gasteiger partial charge is 0.508 e. The van der Waals surface area contributed by atoms with Gasteiger partial charge in [0.2, 0.25) is 0 Å². The van der Waals surface area contributed by atoms with E-state index in [-0.39, 0.29) is 22.2 Å². The predicted octanol–water partition coefficient (Wildman–Crippen LogP) is 10.3. The molecule has 0 aliphatic heterocycles. The van der Waals surface area contributed by atoms with Crippen LogP contribution in [-0.4, -0.2) is 15.3 Å². The molecular weight excluding hydrogens is 504 g/mol. The number of phenols is 3. The molecule has 3 aromatic carbocycles. The van der Waals surface area contributed by atoms with Gasteiger partial charge in [0.05, 0.1) is 0 Å². The number of aryl methyl sites for hydroxylation is 3. The Labute approximate surface area is 249 Å². The van der Waals surface area contributed by atoms with Crippen LogP contribution in [0, 0.1) is 20.8 Å². The fourth-order valence-corrected chi connectivity index (χ4v) is 6.26. The third-order valence-corrected chi connectivity index (χ3v) is 8.75. The normalized spacial score (nSPS) is 13.6. The van der Waals surface area contributed by atoms with E-state index in [0.717, 1.165) is 46.2 Å². The van der Waals surface area contributed by atoms with Gasteiger partial charge in [-0.25, -0.2) is 0 Å². The maximum atomic E-state index is 10.9. The first-order chi connectivity index (χ1) is 18.6. The van der Waals surface area contributed by atoms with E-state index in [9.17, 15) is 15.3 Å². The molecule has 3 N–H and O–H groups in total. The molecule has 0 aliphatic rings. The van der Waals surface area contributed by atoms with Crippen LogP contribution in [0.3, 0.4) is 0 Å². The van der Waals surface area contributed by atoms with E-state index in [1.54, 1.807) is 0 Å². The fourth-order valence-electron chi connectivity index (χ4n) is 6.26. The van der Waals surface area contributed by atoms with Crippen molar-refractivity contribution in [3.63, 3.8) is 0 Å². The lowest BCUT2D eigenvalue weighted by molar-refractivity contribution is 0.442.